The lowest BCUT2D eigenvalue weighted by Crippen LogP contribution is -2.03. The zero-order valence-corrected chi connectivity index (χ0v) is 9.14. The molecule has 0 aromatic heterocycles. The second-order valence-corrected chi connectivity index (χ2v) is 3.83. The summed E-state index contributed by atoms with van der Waals surface area (Å²) in [5.41, 5.74) is 0. The van der Waals surface area contributed by atoms with Crippen LogP contribution in [0.3, 0.4) is 0 Å². The average molecular weight is 168 g/mol. The molecule has 0 aliphatic heterocycles. The summed E-state index contributed by atoms with van der Waals surface area (Å²) in [7, 11) is 0. The van der Waals surface area contributed by atoms with Crippen LogP contribution in [-0.4, -0.2) is 0 Å². The Morgan fingerprint density at radius 3 is 2.25 bits per heavy atom. The van der Waals surface area contributed by atoms with E-state index in [-0.39, 0.29) is 0 Å². The molecule has 0 heterocycles. The lowest BCUT2D eigenvalue weighted by atomic mass is 9.90. The second kappa shape index (κ2) is 7.39. The average Bonchev–Trinajstić information content (AvgIpc) is 2.11. The highest BCUT2D eigenvalue weighted by molar-refractivity contribution is 4.80. The van der Waals surface area contributed by atoms with E-state index < -0.39 is 0 Å². The quantitative estimate of drug-likeness (QED) is 0.515. The Morgan fingerprint density at radius 1 is 1.17 bits per heavy atom. The molecular weight excluding hydrogens is 144 g/mol. The first-order valence-electron chi connectivity index (χ1n) is 5.35. The van der Waals surface area contributed by atoms with E-state index in [1.54, 1.807) is 0 Å². The standard InChI is InChI=1S/C12H24/c1-5-8-9-12(7-3)10-11(4)6-2/h5,8,11-12H,6-7,9-10H2,1-4H3. The minimum Gasteiger partial charge on any atom is -0.0917 e. The Labute approximate surface area is 78.1 Å². The molecule has 0 radical (unpaired) electrons. The fourth-order valence-electron chi connectivity index (χ4n) is 1.49. The predicted octanol–water partition coefficient (Wildman–Crippen LogP) is 4.42. The van der Waals surface area contributed by atoms with Gasteiger partial charge in [-0.3, -0.25) is 0 Å². The third-order valence-corrected chi connectivity index (χ3v) is 2.72. The Balaban J connectivity index is 3.66. The van der Waals surface area contributed by atoms with Gasteiger partial charge in [0.2, 0.25) is 0 Å². The van der Waals surface area contributed by atoms with Gasteiger partial charge in [0.15, 0.2) is 0 Å². The molecule has 0 saturated carbocycles. The van der Waals surface area contributed by atoms with E-state index in [4.69, 9.17) is 0 Å². The molecule has 0 heteroatoms. The summed E-state index contributed by atoms with van der Waals surface area (Å²) in [4.78, 5) is 0. The SMILES string of the molecule is CC=CCC(CC)CC(C)CC. The third-order valence-electron chi connectivity index (χ3n) is 2.72. The van der Waals surface area contributed by atoms with Gasteiger partial charge in [0.1, 0.15) is 0 Å². The van der Waals surface area contributed by atoms with Gasteiger partial charge in [-0.05, 0) is 31.6 Å². The van der Waals surface area contributed by atoms with Gasteiger partial charge < -0.3 is 0 Å². The van der Waals surface area contributed by atoms with E-state index >= 15 is 0 Å². The maximum absolute atomic E-state index is 2.36. The maximum atomic E-state index is 2.36. The van der Waals surface area contributed by atoms with Crippen LogP contribution >= 0.6 is 0 Å². The summed E-state index contributed by atoms with van der Waals surface area (Å²) < 4.78 is 0. The van der Waals surface area contributed by atoms with E-state index in [1.165, 1.54) is 25.7 Å². The maximum Gasteiger partial charge on any atom is -0.0322 e. The van der Waals surface area contributed by atoms with Gasteiger partial charge in [0, 0.05) is 0 Å². The molecule has 0 nitrogen and oxygen atoms in total. The van der Waals surface area contributed by atoms with Crippen molar-refractivity contribution in [3.8, 4) is 0 Å². The van der Waals surface area contributed by atoms with Gasteiger partial charge in [0.25, 0.3) is 0 Å². The van der Waals surface area contributed by atoms with Crippen LogP contribution < -0.4 is 0 Å². The zero-order chi connectivity index (χ0) is 9.40. The molecule has 72 valence electrons. The van der Waals surface area contributed by atoms with Crippen molar-refractivity contribution in [2.45, 2.75) is 53.4 Å². The molecule has 2 atom stereocenters. The van der Waals surface area contributed by atoms with E-state index in [0.717, 1.165) is 11.8 Å². The Hall–Kier alpha value is -0.260. The van der Waals surface area contributed by atoms with E-state index in [0.29, 0.717) is 0 Å². The van der Waals surface area contributed by atoms with E-state index in [2.05, 4.69) is 39.8 Å². The highest BCUT2D eigenvalue weighted by Gasteiger charge is 2.08. The van der Waals surface area contributed by atoms with Crippen molar-refractivity contribution >= 4 is 0 Å². The largest absolute Gasteiger partial charge is 0.0917 e. The van der Waals surface area contributed by atoms with Crippen molar-refractivity contribution in [1.29, 1.82) is 0 Å². The molecule has 0 saturated heterocycles. The number of hydrogen-bond donors (Lipinski definition) is 0. The van der Waals surface area contributed by atoms with Crippen molar-refractivity contribution in [1.82, 2.24) is 0 Å². The summed E-state index contributed by atoms with van der Waals surface area (Å²) in [6.07, 6.45) is 9.80. The van der Waals surface area contributed by atoms with Gasteiger partial charge >= 0.3 is 0 Å². The smallest absolute Gasteiger partial charge is 0.0322 e. The highest BCUT2D eigenvalue weighted by atomic mass is 14.1. The second-order valence-electron chi connectivity index (χ2n) is 3.83. The first-order chi connectivity index (χ1) is 5.74. The minimum absolute atomic E-state index is 0.903. The van der Waals surface area contributed by atoms with Crippen LogP contribution in [0.15, 0.2) is 12.2 Å². The van der Waals surface area contributed by atoms with Crippen LogP contribution in [0.2, 0.25) is 0 Å². The molecule has 0 bridgehead atoms. The van der Waals surface area contributed by atoms with Crippen LogP contribution in [0, 0.1) is 11.8 Å². The van der Waals surface area contributed by atoms with Crippen molar-refractivity contribution in [2.75, 3.05) is 0 Å². The topological polar surface area (TPSA) is 0 Å². The molecule has 0 spiro atoms. The molecule has 0 amide bonds. The first-order valence-corrected chi connectivity index (χ1v) is 5.35. The van der Waals surface area contributed by atoms with Crippen molar-refractivity contribution in [3.63, 3.8) is 0 Å². The molecular formula is C12H24. The Kier molecular flexibility index (Phi) is 7.23. The van der Waals surface area contributed by atoms with E-state index in [9.17, 15) is 0 Å². The molecule has 0 N–H and O–H groups in total. The first kappa shape index (κ1) is 11.7. The monoisotopic (exact) mass is 168 g/mol. The summed E-state index contributed by atoms with van der Waals surface area (Å²) in [6, 6.07) is 0. The van der Waals surface area contributed by atoms with Gasteiger partial charge in [-0.2, -0.15) is 0 Å². The normalized spacial score (nSPS) is 16.7. The predicted molar refractivity (Wildman–Crippen MR) is 57.3 cm³/mol. The summed E-state index contributed by atoms with van der Waals surface area (Å²) in [6.45, 7) is 9.05. The van der Waals surface area contributed by atoms with Crippen molar-refractivity contribution in [3.05, 3.63) is 12.2 Å². The Bertz CT molecular complexity index is 113. The molecule has 0 aliphatic rings. The summed E-state index contributed by atoms with van der Waals surface area (Å²) in [5.74, 6) is 1.82. The highest BCUT2D eigenvalue weighted by Crippen LogP contribution is 2.21. The Morgan fingerprint density at radius 2 is 1.83 bits per heavy atom. The molecule has 0 aliphatic carbocycles. The fourth-order valence-corrected chi connectivity index (χ4v) is 1.49. The van der Waals surface area contributed by atoms with Gasteiger partial charge in [-0.15, -0.1) is 0 Å². The minimum atomic E-state index is 0.903. The number of rotatable bonds is 6. The molecule has 0 aromatic carbocycles. The van der Waals surface area contributed by atoms with Gasteiger partial charge in [0.05, 0.1) is 0 Å². The van der Waals surface area contributed by atoms with Crippen LogP contribution in [0.1, 0.15) is 53.4 Å². The third kappa shape index (κ3) is 5.40. The van der Waals surface area contributed by atoms with Crippen LogP contribution in [0.25, 0.3) is 0 Å². The fraction of sp³-hybridized carbons (Fsp3) is 0.833. The molecule has 12 heavy (non-hydrogen) atoms. The van der Waals surface area contributed by atoms with Crippen LogP contribution in [-0.2, 0) is 0 Å². The van der Waals surface area contributed by atoms with Crippen molar-refractivity contribution in [2.24, 2.45) is 11.8 Å². The summed E-state index contributed by atoms with van der Waals surface area (Å²) in [5, 5.41) is 0. The van der Waals surface area contributed by atoms with Crippen LogP contribution in [0.5, 0.6) is 0 Å². The van der Waals surface area contributed by atoms with E-state index in [1.807, 2.05) is 0 Å². The number of allylic oxidation sites excluding steroid dienone is 2. The lowest BCUT2D eigenvalue weighted by molar-refractivity contribution is 0.375. The molecule has 0 aromatic rings. The van der Waals surface area contributed by atoms with Gasteiger partial charge in [-0.1, -0.05) is 45.8 Å². The number of hydrogen-bond acceptors (Lipinski definition) is 0. The molecule has 0 fully saturated rings. The molecule has 2 unspecified atom stereocenters. The zero-order valence-electron chi connectivity index (χ0n) is 9.14. The van der Waals surface area contributed by atoms with Crippen LogP contribution in [0.4, 0.5) is 0 Å². The lowest BCUT2D eigenvalue weighted by Gasteiger charge is -2.16. The van der Waals surface area contributed by atoms with Crippen molar-refractivity contribution < 1.29 is 0 Å². The molecule has 0 rings (SSSR count). The summed E-state index contributed by atoms with van der Waals surface area (Å²) >= 11 is 0. The van der Waals surface area contributed by atoms with Gasteiger partial charge in [-0.25, -0.2) is 0 Å².